The van der Waals surface area contributed by atoms with Gasteiger partial charge in [0.2, 0.25) is 0 Å². The van der Waals surface area contributed by atoms with Gasteiger partial charge < -0.3 is 0 Å². The zero-order valence-corrected chi connectivity index (χ0v) is 10.8. The number of carbonyl (C=O) groups excluding carboxylic acids is 2. The van der Waals surface area contributed by atoms with Crippen molar-refractivity contribution in [3.63, 3.8) is 0 Å². The smallest absolute Gasteiger partial charge is 0.150 e. The fourth-order valence-corrected chi connectivity index (χ4v) is 1.90. The van der Waals surface area contributed by atoms with Gasteiger partial charge in [-0.15, -0.1) is 0 Å². The number of benzene rings is 1. The number of rotatable bonds is 6. The lowest BCUT2D eigenvalue weighted by Gasteiger charge is -2.12. The highest BCUT2D eigenvalue weighted by Crippen LogP contribution is 2.21. The molecular weight excluding hydrogens is 212 g/mol. The molecule has 17 heavy (non-hydrogen) atoms. The summed E-state index contributed by atoms with van der Waals surface area (Å²) in [6.45, 7) is 6.16. The van der Waals surface area contributed by atoms with Gasteiger partial charge in [-0.2, -0.15) is 0 Å². The monoisotopic (exact) mass is 232 g/mol. The van der Waals surface area contributed by atoms with Crippen LogP contribution in [-0.4, -0.2) is 12.1 Å². The molecule has 0 aromatic heterocycles. The van der Waals surface area contributed by atoms with Gasteiger partial charge in [-0.1, -0.05) is 45.0 Å². The van der Waals surface area contributed by atoms with E-state index in [0.29, 0.717) is 30.1 Å². The first-order chi connectivity index (χ1) is 8.02. The molecule has 1 aromatic carbocycles. The number of Topliss-reactive ketones (excluding diaryl/α,β-unsaturated/α-hetero) is 1. The molecule has 0 saturated heterocycles. The molecule has 2 heteroatoms. The zero-order valence-electron chi connectivity index (χ0n) is 10.8. The third-order valence-corrected chi connectivity index (χ3v) is 2.81. The molecule has 0 fully saturated rings. The van der Waals surface area contributed by atoms with Gasteiger partial charge in [-0.25, -0.2) is 0 Å². The van der Waals surface area contributed by atoms with Crippen molar-refractivity contribution in [1.29, 1.82) is 0 Å². The number of hydrogen-bond donors (Lipinski definition) is 0. The van der Waals surface area contributed by atoms with Gasteiger partial charge in [0.05, 0.1) is 0 Å². The molecule has 0 heterocycles. The van der Waals surface area contributed by atoms with Crippen LogP contribution < -0.4 is 0 Å². The third-order valence-electron chi connectivity index (χ3n) is 2.81. The average molecular weight is 232 g/mol. The van der Waals surface area contributed by atoms with Crippen molar-refractivity contribution in [2.75, 3.05) is 0 Å². The number of aldehydes is 1. The first-order valence-corrected chi connectivity index (χ1v) is 6.09. The van der Waals surface area contributed by atoms with Crippen LogP contribution in [0, 0.1) is 5.92 Å². The van der Waals surface area contributed by atoms with Crippen molar-refractivity contribution in [3.8, 4) is 0 Å². The van der Waals surface area contributed by atoms with Crippen molar-refractivity contribution < 1.29 is 9.59 Å². The maximum Gasteiger partial charge on any atom is 0.150 e. The van der Waals surface area contributed by atoms with Gasteiger partial charge in [0.15, 0.2) is 0 Å². The molecule has 0 unspecified atom stereocenters. The van der Waals surface area contributed by atoms with Gasteiger partial charge in [0.1, 0.15) is 12.1 Å². The van der Waals surface area contributed by atoms with Crippen LogP contribution in [-0.2, 0) is 4.79 Å². The van der Waals surface area contributed by atoms with Crippen molar-refractivity contribution in [2.24, 2.45) is 5.92 Å². The Morgan fingerprint density at radius 2 is 1.71 bits per heavy atom. The van der Waals surface area contributed by atoms with Gasteiger partial charge in [0.25, 0.3) is 0 Å². The summed E-state index contributed by atoms with van der Waals surface area (Å²) in [4.78, 5) is 22.2. The first kappa shape index (κ1) is 13.6. The van der Waals surface area contributed by atoms with Crippen LogP contribution in [0.5, 0.6) is 0 Å². The fourth-order valence-electron chi connectivity index (χ4n) is 1.90. The minimum Gasteiger partial charge on any atom is -0.300 e. The number of ketones is 1. The molecule has 0 spiro atoms. The van der Waals surface area contributed by atoms with E-state index in [9.17, 15) is 9.59 Å². The van der Waals surface area contributed by atoms with E-state index in [-0.39, 0.29) is 5.92 Å². The fraction of sp³-hybridized carbons (Fsp3) is 0.467. The Morgan fingerprint density at radius 3 is 2.18 bits per heavy atom. The Morgan fingerprint density at radius 1 is 1.12 bits per heavy atom. The van der Waals surface area contributed by atoms with Crippen LogP contribution in [0.25, 0.3) is 0 Å². The lowest BCUT2D eigenvalue weighted by molar-refractivity contribution is -0.120. The SMILES string of the molecule is CC(C)CC(=O)C[C@@H](C)c1ccc(C=O)cc1. The Kier molecular flexibility index (Phi) is 5.08. The highest BCUT2D eigenvalue weighted by molar-refractivity contribution is 5.79. The van der Waals surface area contributed by atoms with Crippen molar-refractivity contribution in [1.82, 2.24) is 0 Å². The summed E-state index contributed by atoms with van der Waals surface area (Å²) in [5.74, 6) is 0.959. The van der Waals surface area contributed by atoms with E-state index in [1.54, 1.807) is 12.1 Å². The molecule has 0 radical (unpaired) electrons. The molecule has 1 aromatic rings. The molecule has 0 aliphatic rings. The van der Waals surface area contributed by atoms with E-state index in [0.717, 1.165) is 11.8 Å². The largest absolute Gasteiger partial charge is 0.300 e. The summed E-state index contributed by atoms with van der Waals surface area (Å²) >= 11 is 0. The summed E-state index contributed by atoms with van der Waals surface area (Å²) in [5.41, 5.74) is 1.79. The van der Waals surface area contributed by atoms with Gasteiger partial charge in [-0.05, 0) is 17.4 Å². The molecule has 2 nitrogen and oxygen atoms in total. The summed E-state index contributed by atoms with van der Waals surface area (Å²) in [6, 6.07) is 7.45. The normalized spacial score (nSPS) is 12.5. The summed E-state index contributed by atoms with van der Waals surface area (Å²) in [5, 5.41) is 0. The van der Waals surface area contributed by atoms with Crippen LogP contribution in [0.1, 0.15) is 55.5 Å². The molecule has 0 N–H and O–H groups in total. The summed E-state index contributed by atoms with van der Waals surface area (Å²) < 4.78 is 0. The second-order valence-corrected chi connectivity index (χ2v) is 5.03. The van der Waals surface area contributed by atoms with Crippen LogP contribution in [0.3, 0.4) is 0 Å². The average Bonchev–Trinajstić information content (AvgIpc) is 2.28. The molecule has 0 aliphatic carbocycles. The maximum absolute atomic E-state index is 11.7. The quantitative estimate of drug-likeness (QED) is 0.702. The highest BCUT2D eigenvalue weighted by atomic mass is 16.1. The second-order valence-electron chi connectivity index (χ2n) is 5.03. The minimum atomic E-state index is 0.224. The first-order valence-electron chi connectivity index (χ1n) is 6.09. The predicted octanol–water partition coefficient (Wildman–Crippen LogP) is 3.61. The van der Waals surface area contributed by atoms with E-state index in [1.165, 1.54) is 0 Å². The van der Waals surface area contributed by atoms with Crippen molar-refractivity contribution >= 4 is 12.1 Å². The standard InChI is InChI=1S/C15H20O2/c1-11(2)8-15(17)9-12(3)14-6-4-13(10-16)5-7-14/h4-7,10-12H,8-9H2,1-3H3/t12-/m1/s1. The molecule has 92 valence electrons. The van der Waals surface area contributed by atoms with Gasteiger partial charge in [-0.3, -0.25) is 9.59 Å². The molecule has 0 bridgehead atoms. The second kappa shape index (κ2) is 6.33. The van der Waals surface area contributed by atoms with Crippen molar-refractivity contribution in [2.45, 2.75) is 39.5 Å². The van der Waals surface area contributed by atoms with Gasteiger partial charge >= 0.3 is 0 Å². The predicted molar refractivity (Wildman–Crippen MR) is 69.3 cm³/mol. The maximum atomic E-state index is 11.7. The molecule has 0 saturated carbocycles. The minimum absolute atomic E-state index is 0.224. The lowest BCUT2D eigenvalue weighted by atomic mass is 9.92. The number of hydrogen-bond acceptors (Lipinski definition) is 2. The molecule has 0 aliphatic heterocycles. The zero-order chi connectivity index (χ0) is 12.8. The topological polar surface area (TPSA) is 34.1 Å². The Balaban J connectivity index is 2.59. The molecule has 0 amide bonds. The van der Waals surface area contributed by atoms with E-state index in [4.69, 9.17) is 0 Å². The van der Waals surface area contributed by atoms with Gasteiger partial charge in [0, 0.05) is 18.4 Å². The summed E-state index contributed by atoms with van der Waals surface area (Å²) in [7, 11) is 0. The Hall–Kier alpha value is -1.44. The van der Waals surface area contributed by atoms with Crippen LogP contribution in [0.15, 0.2) is 24.3 Å². The molecular formula is C15H20O2. The van der Waals surface area contributed by atoms with E-state index < -0.39 is 0 Å². The Bertz CT molecular complexity index is 376. The van der Waals surface area contributed by atoms with E-state index >= 15 is 0 Å². The molecule has 1 rings (SSSR count). The Labute approximate surface area is 103 Å². The van der Waals surface area contributed by atoms with E-state index in [1.807, 2.05) is 19.1 Å². The highest BCUT2D eigenvalue weighted by Gasteiger charge is 2.12. The van der Waals surface area contributed by atoms with Crippen LogP contribution in [0.2, 0.25) is 0 Å². The molecule has 1 atom stereocenters. The summed E-state index contributed by atoms with van der Waals surface area (Å²) in [6.07, 6.45) is 2.06. The lowest BCUT2D eigenvalue weighted by Crippen LogP contribution is -2.07. The van der Waals surface area contributed by atoms with E-state index in [2.05, 4.69) is 13.8 Å². The number of carbonyl (C=O) groups is 2. The van der Waals surface area contributed by atoms with Crippen LogP contribution in [0.4, 0.5) is 0 Å². The third kappa shape index (κ3) is 4.51. The van der Waals surface area contributed by atoms with Crippen molar-refractivity contribution in [3.05, 3.63) is 35.4 Å². The van der Waals surface area contributed by atoms with Crippen LogP contribution >= 0.6 is 0 Å².